The van der Waals surface area contributed by atoms with E-state index in [9.17, 15) is 14.4 Å². The first kappa shape index (κ1) is 22.9. The molecule has 5 nitrogen and oxygen atoms in total. The van der Waals surface area contributed by atoms with Crippen LogP contribution in [0.15, 0.2) is 30.3 Å². The summed E-state index contributed by atoms with van der Waals surface area (Å²) in [7, 11) is 0. The van der Waals surface area contributed by atoms with Crippen LogP contribution >= 0.6 is 46.4 Å². The van der Waals surface area contributed by atoms with E-state index in [2.05, 4.69) is 0 Å². The van der Waals surface area contributed by atoms with Crippen LogP contribution in [0.5, 0.6) is 0 Å². The van der Waals surface area contributed by atoms with Gasteiger partial charge in [0.15, 0.2) is 0 Å². The van der Waals surface area contributed by atoms with Crippen molar-refractivity contribution in [3.8, 4) is 0 Å². The standard InChI is InChI=1S/C21H17Cl4NO4/c1-21(2,3)30-20(29)11(9-10-7-5-4-6-8-10)26-18(27)12-13(19(26)28)15(23)17(25)16(24)14(12)22/h4-8,11H,9H2,1-3H3. The van der Waals surface area contributed by atoms with Crippen molar-refractivity contribution in [1.29, 1.82) is 0 Å². The van der Waals surface area contributed by atoms with Crippen LogP contribution in [0.3, 0.4) is 0 Å². The second-order valence-corrected chi connectivity index (χ2v) is 9.24. The molecule has 30 heavy (non-hydrogen) atoms. The molecule has 9 heteroatoms. The second kappa shape index (κ2) is 8.39. The smallest absolute Gasteiger partial charge is 0.330 e. The molecule has 0 spiro atoms. The number of carbonyl (C=O) groups is 3. The Bertz CT molecular complexity index is 1000. The number of carbonyl (C=O) groups excluding carboxylic acids is 3. The molecule has 0 bridgehead atoms. The maximum atomic E-state index is 13.2. The molecule has 0 N–H and O–H groups in total. The lowest BCUT2D eigenvalue weighted by Gasteiger charge is -2.28. The monoisotopic (exact) mass is 487 g/mol. The Labute approximate surface area is 193 Å². The van der Waals surface area contributed by atoms with E-state index in [0.29, 0.717) is 0 Å². The summed E-state index contributed by atoms with van der Waals surface area (Å²) in [5.41, 5.74) is -0.449. The summed E-state index contributed by atoms with van der Waals surface area (Å²) in [6, 6.07) is 7.72. The van der Waals surface area contributed by atoms with Gasteiger partial charge in [-0.1, -0.05) is 76.7 Å². The van der Waals surface area contributed by atoms with Gasteiger partial charge in [-0.15, -0.1) is 0 Å². The van der Waals surface area contributed by atoms with E-state index < -0.39 is 29.4 Å². The Hall–Kier alpha value is -1.79. The van der Waals surface area contributed by atoms with Crippen molar-refractivity contribution in [3.63, 3.8) is 0 Å². The molecular formula is C21H17Cl4NO4. The van der Waals surface area contributed by atoms with E-state index in [1.165, 1.54) is 0 Å². The number of benzene rings is 2. The largest absolute Gasteiger partial charge is 0.458 e. The lowest BCUT2D eigenvalue weighted by molar-refractivity contribution is -0.159. The van der Waals surface area contributed by atoms with E-state index in [1.54, 1.807) is 45.0 Å². The summed E-state index contributed by atoms with van der Waals surface area (Å²) in [6.45, 7) is 5.08. The van der Waals surface area contributed by atoms with Crippen LogP contribution in [-0.2, 0) is 16.0 Å². The zero-order valence-electron chi connectivity index (χ0n) is 16.3. The van der Waals surface area contributed by atoms with Gasteiger partial charge in [0.05, 0.1) is 31.2 Å². The molecule has 2 amide bonds. The lowest BCUT2D eigenvalue weighted by atomic mass is 10.0. The first-order valence-corrected chi connectivity index (χ1v) is 10.5. The number of ether oxygens (including phenoxy) is 1. The minimum absolute atomic E-state index is 0.0535. The normalized spacial score (nSPS) is 14.7. The Kier molecular flexibility index (Phi) is 6.40. The third-order valence-corrected chi connectivity index (χ3v) is 6.20. The van der Waals surface area contributed by atoms with Crippen molar-refractivity contribution in [2.24, 2.45) is 0 Å². The van der Waals surface area contributed by atoms with Crippen molar-refractivity contribution in [3.05, 3.63) is 67.1 Å². The maximum Gasteiger partial charge on any atom is 0.330 e. The quantitative estimate of drug-likeness (QED) is 0.234. The van der Waals surface area contributed by atoms with Gasteiger partial charge in [0.1, 0.15) is 11.6 Å². The van der Waals surface area contributed by atoms with Crippen LogP contribution in [0.2, 0.25) is 20.1 Å². The molecule has 0 saturated heterocycles. The van der Waals surface area contributed by atoms with Gasteiger partial charge in [-0.25, -0.2) is 4.79 Å². The van der Waals surface area contributed by atoms with Gasteiger partial charge in [-0.05, 0) is 26.3 Å². The van der Waals surface area contributed by atoms with E-state index in [4.69, 9.17) is 51.1 Å². The van der Waals surface area contributed by atoms with Crippen molar-refractivity contribution < 1.29 is 19.1 Å². The van der Waals surface area contributed by atoms with Crippen molar-refractivity contribution >= 4 is 64.2 Å². The molecule has 0 fully saturated rings. The Morgan fingerprint density at radius 2 is 1.37 bits per heavy atom. The lowest BCUT2D eigenvalue weighted by Crippen LogP contribution is -2.48. The Balaban J connectivity index is 2.10. The number of hydrogen-bond donors (Lipinski definition) is 0. The summed E-state index contributed by atoms with van der Waals surface area (Å²) < 4.78 is 5.48. The molecule has 2 aromatic carbocycles. The second-order valence-electron chi connectivity index (χ2n) is 7.73. The first-order chi connectivity index (χ1) is 13.9. The minimum atomic E-state index is -1.23. The van der Waals surface area contributed by atoms with Gasteiger partial charge < -0.3 is 4.74 Å². The molecule has 158 valence electrons. The van der Waals surface area contributed by atoms with Gasteiger partial charge in [-0.3, -0.25) is 14.5 Å². The summed E-state index contributed by atoms with van der Waals surface area (Å²) in [5.74, 6) is -2.30. The Morgan fingerprint density at radius 3 is 1.80 bits per heavy atom. The molecule has 0 radical (unpaired) electrons. The fourth-order valence-electron chi connectivity index (χ4n) is 3.14. The molecule has 0 saturated carbocycles. The van der Waals surface area contributed by atoms with Gasteiger partial charge in [0.2, 0.25) is 0 Å². The molecule has 1 aliphatic heterocycles. The molecule has 1 atom stereocenters. The predicted molar refractivity (Wildman–Crippen MR) is 117 cm³/mol. The van der Waals surface area contributed by atoms with Crippen molar-refractivity contribution in [2.75, 3.05) is 0 Å². The molecule has 1 heterocycles. The van der Waals surface area contributed by atoms with E-state index >= 15 is 0 Å². The van der Waals surface area contributed by atoms with Crippen LogP contribution in [0.1, 0.15) is 47.1 Å². The van der Waals surface area contributed by atoms with E-state index in [-0.39, 0.29) is 37.6 Å². The number of esters is 1. The molecule has 2 aromatic rings. The third-order valence-electron chi connectivity index (χ3n) is 4.39. The van der Waals surface area contributed by atoms with Crippen LogP contribution < -0.4 is 0 Å². The highest BCUT2D eigenvalue weighted by atomic mass is 35.5. The third kappa shape index (κ3) is 4.17. The summed E-state index contributed by atoms with van der Waals surface area (Å²) in [4.78, 5) is 40.2. The fraction of sp³-hybridized carbons (Fsp3) is 0.286. The van der Waals surface area contributed by atoms with Crippen LogP contribution in [0.4, 0.5) is 0 Å². The number of nitrogens with zero attached hydrogens (tertiary/aromatic N) is 1. The molecule has 1 aliphatic rings. The molecule has 0 aliphatic carbocycles. The SMILES string of the molecule is CC(C)(C)OC(=O)C(Cc1ccccc1)N1C(=O)c2c(Cl)c(Cl)c(Cl)c(Cl)c2C1=O. The average molecular weight is 489 g/mol. The van der Waals surface area contributed by atoms with Crippen molar-refractivity contribution in [1.82, 2.24) is 4.90 Å². The summed E-state index contributed by atoms with van der Waals surface area (Å²) in [6.07, 6.45) is 0.0535. The Morgan fingerprint density at radius 1 is 0.900 bits per heavy atom. The molecule has 1 unspecified atom stereocenters. The van der Waals surface area contributed by atoms with Gasteiger partial charge in [0.25, 0.3) is 11.8 Å². The number of amides is 2. The molecular weight excluding hydrogens is 472 g/mol. The predicted octanol–water partition coefficient (Wildman–Crippen LogP) is 5.85. The number of halogens is 4. The maximum absolute atomic E-state index is 13.2. The van der Waals surface area contributed by atoms with E-state index in [0.717, 1.165) is 10.5 Å². The highest BCUT2D eigenvalue weighted by Gasteiger charge is 2.47. The fourth-order valence-corrected chi connectivity index (χ4v) is 4.15. The number of fused-ring (bicyclic) bond motifs is 1. The van der Waals surface area contributed by atoms with Gasteiger partial charge in [-0.2, -0.15) is 0 Å². The van der Waals surface area contributed by atoms with Crippen LogP contribution in [0.25, 0.3) is 0 Å². The topological polar surface area (TPSA) is 63.7 Å². The zero-order chi connectivity index (χ0) is 22.4. The average Bonchev–Trinajstić information content (AvgIpc) is 2.92. The molecule has 3 rings (SSSR count). The molecule has 0 aromatic heterocycles. The van der Waals surface area contributed by atoms with Gasteiger partial charge >= 0.3 is 5.97 Å². The first-order valence-electron chi connectivity index (χ1n) is 8.94. The highest BCUT2D eigenvalue weighted by molar-refractivity contribution is 6.55. The van der Waals surface area contributed by atoms with Crippen molar-refractivity contribution in [2.45, 2.75) is 38.8 Å². The van der Waals surface area contributed by atoms with Gasteiger partial charge in [0, 0.05) is 6.42 Å². The van der Waals surface area contributed by atoms with Crippen LogP contribution in [-0.4, -0.2) is 34.3 Å². The zero-order valence-corrected chi connectivity index (χ0v) is 19.3. The number of rotatable bonds is 4. The van der Waals surface area contributed by atoms with Crippen LogP contribution in [0, 0.1) is 0 Å². The number of hydrogen-bond acceptors (Lipinski definition) is 4. The summed E-state index contributed by atoms with van der Waals surface area (Å²) in [5, 5.41) is -0.655. The highest BCUT2D eigenvalue weighted by Crippen LogP contribution is 2.45. The minimum Gasteiger partial charge on any atom is -0.458 e. The van der Waals surface area contributed by atoms with E-state index in [1.807, 2.05) is 6.07 Å². The summed E-state index contributed by atoms with van der Waals surface area (Å²) >= 11 is 24.5. The number of imide groups is 1.